The van der Waals surface area contributed by atoms with Crippen LogP contribution in [-0.4, -0.2) is 39.8 Å². The molecular formula is C20H19BrN4O3. The number of likely N-dealkylation sites (N-methyl/N-ethyl adjacent to an activating group) is 1. The molecule has 0 fully saturated rings. The molecule has 0 aliphatic rings. The first-order valence-electron chi connectivity index (χ1n) is 8.77. The van der Waals surface area contributed by atoms with Crippen molar-refractivity contribution in [2.45, 2.75) is 13.5 Å². The minimum atomic E-state index is -0.331. The van der Waals surface area contributed by atoms with Crippen molar-refractivity contribution in [3.63, 3.8) is 0 Å². The molecule has 2 N–H and O–H groups in total. The fourth-order valence-corrected chi connectivity index (χ4v) is 3.17. The number of aromatic nitrogens is 2. The molecule has 2 amide bonds. The SMILES string of the molecule is CCN(Cc1nc2ccccc2c(=O)[nH]1)C(=O)CNC(=O)c1cccc(Br)c1. The zero-order valence-electron chi connectivity index (χ0n) is 15.2. The maximum Gasteiger partial charge on any atom is 0.258 e. The normalized spacial score (nSPS) is 10.6. The van der Waals surface area contributed by atoms with E-state index in [1.54, 1.807) is 42.5 Å². The Hall–Kier alpha value is -3.00. The molecule has 0 spiro atoms. The summed E-state index contributed by atoms with van der Waals surface area (Å²) in [6.45, 7) is 2.26. The van der Waals surface area contributed by atoms with Crippen molar-refractivity contribution < 1.29 is 9.59 Å². The van der Waals surface area contributed by atoms with Gasteiger partial charge in [0.2, 0.25) is 5.91 Å². The predicted molar refractivity (Wildman–Crippen MR) is 110 cm³/mol. The second-order valence-electron chi connectivity index (χ2n) is 6.13. The number of carbonyl (C=O) groups excluding carboxylic acids is 2. The van der Waals surface area contributed by atoms with Crippen molar-refractivity contribution in [2.24, 2.45) is 0 Å². The van der Waals surface area contributed by atoms with Gasteiger partial charge in [-0.3, -0.25) is 14.4 Å². The first kappa shape index (κ1) is 19.8. The van der Waals surface area contributed by atoms with Gasteiger partial charge in [-0.15, -0.1) is 0 Å². The fourth-order valence-electron chi connectivity index (χ4n) is 2.77. The van der Waals surface area contributed by atoms with Crippen LogP contribution in [-0.2, 0) is 11.3 Å². The van der Waals surface area contributed by atoms with Crippen LogP contribution in [0.4, 0.5) is 0 Å². The van der Waals surface area contributed by atoms with Gasteiger partial charge in [-0.25, -0.2) is 4.98 Å². The minimum Gasteiger partial charge on any atom is -0.343 e. The number of para-hydroxylation sites is 1. The largest absolute Gasteiger partial charge is 0.343 e. The Balaban J connectivity index is 1.67. The van der Waals surface area contributed by atoms with E-state index in [9.17, 15) is 14.4 Å². The van der Waals surface area contributed by atoms with Crippen LogP contribution in [0.3, 0.4) is 0 Å². The molecule has 1 aromatic heterocycles. The lowest BCUT2D eigenvalue weighted by atomic mass is 10.2. The highest BCUT2D eigenvalue weighted by molar-refractivity contribution is 9.10. The van der Waals surface area contributed by atoms with Crippen LogP contribution >= 0.6 is 15.9 Å². The highest BCUT2D eigenvalue weighted by Gasteiger charge is 2.16. The molecule has 2 aromatic carbocycles. The van der Waals surface area contributed by atoms with Gasteiger partial charge in [0.1, 0.15) is 5.82 Å². The van der Waals surface area contributed by atoms with E-state index in [0.29, 0.717) is 28.8 Å². The van der Waals surface area contributed by atoms with Crippen molar-refractivity contribution in [3.05, 3.63) is 74.7 Å². The van der Waals surface area contributed by atoms with Crippen LogP contribution in [0.25, 0.3) is 10.9 Å². The zero-order valence-corrected chi connectivity index (χ0v) is 16.8. The summed E-state index contributed by atoms with van der Waals surface area (Å²) in [4.78, 5) is 45.5. The lowest BCUT2D eigenvalue weighted by Gasteiger charge is -2.20. The van der Waals surface area contributed by atoms with Crippen LogP contribution < -0.4 is 10.9 Å². The lowest BCUT2D eigenvalue weighted by Crippen LogP contribution is -2.40. The number of hydrogen-bond acceptors (Lipinski definition) is 4. The average molecular weight is 443 g/mol. The second-order valence-corrected chi connectivity index (χ2v) is 7.05. The molecule has 0 bridgehead atoms. The van der Waals surface area contributed by atoms with Gasteiger partial charge in [-0.05, 0) is 37.3 Å². The van der Waals surface area contributed by atoms with Crippen molar-refractivity contribution in [1.29, 1.82) is 0 Å². The van der Waals surface area contributed by atoms with Gasteiger partial charge in [0.15, 0.2) is 0 Å². The van der Waals surface area contributed by atoms with Gasteiger partial charge in [-0.1, -0.05) is 34.1 Å². The third kappa shape index (κ3) is 4.64. The number of halogens is 1. The van der Waals surface area contributed by atoms with E-state index < -0.39 is 0 Å². The Morgan fingerprint density at radius 1 is 1.18 bits per heavy atom. The Morgan fingerprint density at radius 3 is 2.71 bits per heavy atom. The molecule has 0 atom stereocenters. The number of rotatable bonds is 6. The number of amides is 2. The molecule has 144 valence electrons. The molecule has 0 aliphatic heterocycles. The molecule has 1 heterocycles. The minimum absolute atomic E-state index is 0.142. The number of hydrogen-bond donors (Lipinski definition) is 2. The van der Waals surface area contributed by atoms with Crippen molar-refractivity contribution >= 4 is 38.6 Å². The van der Waals surface area contributed by atoms with E-state index in [0.717, 1.165) is 4.47 Å². The Bertz CT molecular complexity index is 1080. The number of benzene rings is 2. The van der Waals surface area contributed by atoms with Crippen LogP contribution in [0.5, 0.6) is 0 Å². The summed E-state index contributed by atoms with van der Waals surface area (Å²) in [5, 5.41) is 3.13. The summed E-state index contributed by atoms with van der Waals surface area (Å²) in [5.74, 6) is -0.193. The molecule has 0 unspecified atom stereocenters. The summed E-state index contributed by atoms with van der Waals surface area (Å²) in [7, 11) is 0. The summed E-state index contributed by atoms with van der Waals surface area (Å²) in [5.41, 5.74) is 0.797. The Kier molecular flexibility index (Phi) is 6.20. The monoisotopic (exact) mass is 442 g/mol. The fraction of sp³-hybridized carbons (Fsp3) is 0.200. The van der Waals surface area contributed by atoms with Gasteiger partial charge in [-0.2, -0.15) is 0 Å². The Labute approximate surface area is 169 Å². The van der Waals surface area contributed by atoms with Crippen molar-refractivity contribution in [1.82, 2.24) is 20.2 Å². The first-order valence-corrected chi connectivity index (χ1v) is 9.56. The number of aromatic amines is 1. The molecule has 0 saturated carbocycles. The van der Waals surface area contributed by atoms with E-state index in [1.165, 1.54) is 4.90 Å². The van der Waals surface area contributed by atoms with E-state index in [2.05, 4.69) is 31.2 Å². The van der Waals surface area contributed by atoms with Gasteiger partial charge in [0, 0.05) is 16.6 Å². The van der Waals surface area contributed by atoms with E-state index in [4.69, 9.17) is 0 Å². The van der Waals surface area contributed by atoms with Crippen molar-refractivity contribution in [2.75, 3.05) is 13.1 Å². The Morgan fingerprint density at radius 2 is 1.96 bits per heavy atom. The van der Waals surface area contributed by atoms with Crippen molar-refractivity contribution in [3.8, 4) is 0 Å². The topological polar surface area (TPSA) is 95.2 Å². The number of nitrogens with zero attached hydrogens (tertiary/aromatic N) is 2. The molecule has 0 saturated heterocycles. The standard InChI is InChI=1S/C20H19BrN4O3/c1-2-25(12-17-23-16-9-4-3-8-15(16)20(28)24-17)18(26)11-22-19(27)13-6-5-7-14(21)10-13/h3-10H,2,11-12H2,1H3,(H,22,27)(H,23,24,28). The average Bonchev–Trinajstić information content (AvgIpc) is 2.70. The maximum absolute atomic E-state index is 12.5. The van der Waals surface area contributed by atoms with E-state index in [-0.39, 0.29) is 30.5 Å². The molecular weight excluding hydrogens is 424 g/mol. The summed E-state index contributed by atoms with van der Waals surface area (Å²) < 4.78 is 0.785. The second kappa shape index (κ2) is 8.79. The maximum atomic E-state index is 12.5. The molecule has 7 nitrogen and oxygen atoms in total. The molecule has 3 rings (SSSR count). The summed E-state index contributed by atoms with van der Waals surface area (Å²) in [6.07, 6.45) is 0. The highest BCUT2D eigenvalue weighted by atomic mass is 79.9. The number of carbonyl (C=O) groups is 2. The lowest BCUT2D eigenvalue weighted by molar-refractivity contribution is -0.130. The number of fused-ring (bicyclic) bond motifs is 1. The van der Waals surface area contributed by atoms with Gasteiger partial charge in [0.25, 0.3) is 11.5 Å². The van der Waals surface area contributed by atoms with Crippen LogP contribution in [0.1, 0.15) is 23.1 Å². The van der Waals surface area contributed by atoms with E-state index in [1.807, 2.05) is 13.0 Å². The molecule has 8 heteroatoms. The van der Waals surface area contributed by atoms with Gasteiger partial charge >= 0.3 is 0 Å². The molecule has 3 aromatic rings. The van der Waals surface area contributed by atoms with Gasteiger partial charge in [0.05, 0.1) is 24.0 Å². The van der Waals surface area contributed by atoms with E-state index >= 15 is 0 Å². The highest BCUT2D eigenvalue weighted by Crippen LogP contribution is 2.11. The zero-order chi connectivity index (χ0) is 20.1. The quantitative estimate of drug-likeness (QED) is 0.612. The van der Waals surface area contributed by atoms with Crippen LogP contribution in [0.2, 0.25) is 0 Å². The predicted octanol–water partition coefficient (Wildman–Crippen LogP) is 2.46. The van der Waals surface area contributed by atoms with Crippen LogP contribution in [0, 0.1) is 0 Å². The molecule has 0 aliphatic carbocycles. The molecule has 0 radical (unpaired) electrons. The first-order chi connectivity index (χ1) is 13.5. The third-order valence-electron chi connectivity index (χ3n) is 4.22. The summed E-state index contributed by atoms with van der Waals surface area (Å²) >= 11 is 3.31. The smallest absolute Gasteiger partial charge is 0.258 e. The van der Waals surface area contributed by atoms with Crippen LogP contribution in [0.15, 0.2) is 57.8 Å². The number of H-pyrrole nitrogens is 1. The summed E-state index contributed by atoms with van der Waals surface area (Å²) in [6, 6.07) is 14.0. The third-order valence-corrected chi connectivity index (χ3v) is 4.72. The van der Waals surface area contributed by atoms with Gasteiger partial charge < -0.3 is 15.2 Å². The molecule has 28 heavy (non-hydrogen) atoms. The number of nitrogens with one attached hydrogen (secondary N) is 2.